The third kappa shape index (κ3) is 4.93. The summed E-state index contributed by atoms with van der Waals surface area (Å²) < 4.78 is 34.4. The smallest absolute Gasteiger partial charge is 0.250 e. The van der Waals surface area contributed by atoms with Crippen LogP contribution < -0.4 is 10.3 Å². The molecule has 1 aromatic heterocycles. The average Bonchev–Trinajstić information content (AvgIpc) is 2.57. The van der Waals surface area contributed by atoms with Crippen molar-refractivity contribution in [2.75, 3.05) is 19.7 Å². The first kappa shape index (κ1) is 19.7. The second kappa shape index (κ2) is 8.64. The van der Waals surface area contributed by atoms with Gasteiger partial charge in [0.25, 0.3) is 5.56 Å². The number of benzene rings is 1. The fraction of sp³-hybridized carbons (Fsp3) is 0.353. The molecule has 0 bridgehead atoms. The number of ether oxygens (including phenoxy) is 1. The van der Waals surface area contributed by atoms with E-state index in [4.69, 9.17) is 4.74 Å². The van der Waals surface area contributed by atoms with Crippen molar-refractivity contribution in [2.45, 2.75) is 25.3 Å². The van der Waals surface area contributed by atoms with E-state index in [0.29, 0.717) is 18.8 Å². The van der Waals surface area contributed by atoms with E-state index in [9.17, 15) is 13.2 Å². The van der Waals surface area contributed by atoms with Gasteiger partial charge in [0, 0.05) is 29.8 Å². The van der Waals surface area contributed by atoms with Gasteiger partial charge in [-0.3, -0.25) is 4.79 Å². The van der Waals surface area contributed by atoms with Crippen LogP contribution >= 0.6 is 15.9 Å². The molecule has 0 fully saturated rings. The van der Waals surface area contributed by atoms with Crippen LogP contribution in [0.5, 0.6) is 5.75 Å². The first-order valence-electron chi connectivity index (χ1n) is 7.97. The molecule has 0 spiro atoms. The molecular weight excluding hydrogens is 408 g/mol. The zero-order valence-electron chi connectivity index (χ0n) is 14.2. The lowest BCUT2D eigenvalue weighted by atomic mass is 10.3. The van der Waals surface area contributed by atoms with E-state index in [1.165, 1.54) is 27.2 Å². The first-order valence-corrected chi connectivity index (χ1v) is 10.2. The minimum absolute atomic E-state index is 0.109. The zero-order valence-corrected chi connectivity index (χ0v) is 16.6. The number of pyridine rings is 1. The van der Waals surface area contributed by atoms with Gasteiger partial charge in [0.05, 0.1) is 11.4 Å². The summed E-state index contributed by atoms with van der Waals surface area (Å²) in [5, 5.41) is 0. The minimum Gasteiger partial charge on any atom is -0.492 e. The molecule has 2 rings (SSSR count). The molecule has 0 aliphatic heterocycles. The maximum Gasteiger partial charge on any atom is 0.250 e. The number of aromatic nitrogens is 1. The second-order valence-electron chi connectivity index (χ2n) is 5.29. The summed E-state index contributed by atoms with van der Waals surface area (Å²) in [4.78, 5) is 12.1. The summed E-state index contributed by atoms with van der Waals surface area (Å²) >= 11 is 3.36. The third-order valence-corrected chi connectivity index (χ3v) is 6.22. The molecule has 2 aromatic rings. The molecule has 25 heavy (non-hydrogen) atoms. The summed E-state index contributed by atoms with van der Waals surface area (Å²) in [5.41, 5.74) is -0.267. The third-order valence-electron chi connectivity index (χ3n) is 3.70. The van der Waals surface area contributed by atoms with Crippen LogP contribution in [0.3, 0.4) is 0 Å². The Kier molecular flexibility index (Phi) is 6.80. The molecule has 0 unspecified atom stereocenters. The van der Waals surface area contributed by atoms with E-state index in [0.717, 1.165) is 4.47 Å². The molecule has 0 saturated carbocycles. The van der Waals surface area contributed by atoms with Crippen LogP contribution in [0.2, 0.25) is 0 Å². The van der Waals surface area contributed by atoms with E-state index in [2.05, 4.69) is 15.9 Å². The standard InChI is InChI=1S/C17H21BrN2O4S/c1-3-20(4-2)25(22,23)16-8-9-17(21)19(13-16)10-11-24-15-7-5-6-14(18)12-15/h5-9,12-13H,3-4,10-11H2,1-2H3. The lowest BCUT2D eigenvalue weighted by molar-refractivity contribution is 0.295. The van der Waals surface area contributed by atoms with Gasteiger partial charge in [0.1, 0.15) is 12.4 Å². The van der Waals surface area contributed by atoms with Gasteiger partial charge >= 0.3 is 0 Å². The van der Waals surface area contributed by atoms with Gasteiger partial charge in [-0.1, -0.05) is 35.8 Å². The molecule has 0 atom stereocenters. The number of sulfonamides is 1. The van der Waals surface area contributed by atoms with Crippen LogP contribution in [-0.4, -0.2) is 37.0 Å². The molecule has 1 heterocycles. The molecule has 1 aromatic carbocycles. The van der Waals surface area contributed by atoms with Gasteiger partial charge in [-0.25, -0.2) is 8.42 Å². The summed E-state index contributed by atoms with van der Waals surface area (Å²) in [6, 6.07) is 10.00. The van der Waals surface area contributed by atoms with E-state index in [-0.39, 0.29) is 23.6 Å². The molecule has 0 N–H and O–H groups in total. The molecule has 0 saturated heterocycles. The van der Waals surface area contributed by atoms with Crippen LogP contribution in [0.4, 0.5) is 0 Å². The van der Waals surface area contributed by atoms with Crippen molar-refractivity contribution >= 4 is 26.0 Å². The van der Waals surface area contributed by atoms with E-state index in [1.54, 1.807) is 13.8 Å². The van der Waals surface area contributed by atoms with Gasteiger partial charge in [0.15, 0.2) is 0 Å². The molecule has 0 radical (unpaired) electrons. The fourth-order valence-corrected chi connectivity index (χ4v) is 4.22. The Balaban J connectivity index is 2.15. The first-order chi connectivity index (χ1) is 11.9. The van der Waals surface area contributed by atoms with Crippen LogP contribution in [-0.2, 0) is 16.6 Å². The molecule has 6 nitrogen and oxygen atoms in total. The highest BCUT2D eigenvalue weighted by atomic mass is 79.9. The zero-order chi connectivity index (χ0) is 18.4. The lowest BCUT2D eigenvalue weighted by Gasteiger charge is -2.19. The number of hydrogen-bond donors (Lipinski definition) is 0. The van der Waals surface area contributed by atoms with Gasteiger partial charge < -0.3 is 9.30 Å². The fourth-order valence-electron chi connectivity index (χ4n) is 2.37. The van der Waals surface area contributed by atoms with Crippen molar-refractivity contribution in [1.82, 2.24) is 8.87 Å². The van der Waals surface area contributed by atoms with E-state index >= 15 is 0 Å². The highest BCUT2D eigenvalue weighted by Crippen LogP contribution is 2.18. The monoisotopic (exact) mass is 428 g/mol. The largest absolute Gasteiger partial charge is 0.492 e. The summed E-state index contributed by atoms with van der Waals surface area (Å²) in [7, 11) is -3.60. The number of nitrogens with zero attached hydrogens (tertiary/aromatic N) is 2. The maximum absolute atomic E-state index is 12.6. The predicted octanol–water partition coefficient (Wildman–Crippen LogP) is 2.72. The van der Waals surface area contributed by atoms with Crippen molar-refractivity contribution in [3.8, 4) is 5.75 Å². The van der Waals surface area contributed by atoms with Crippen molar-refractivity contribution in [2.24, 2.45) is 0 Å². The SMILES string of the molecule is CCN(CC)S(=O)(=O)c1ccc(=O)n(CCOc2cccc(Br)c2)c1. The average molecular weight is 429 g/mol. The molecule has 0 aliphatic rings. The molecule has 0 amide bonds. The van der Waals surface area contributed by atoms with Crippen LogP contribution in [0.15, 0.2) is 56.8 Å². The van der Waals surface area contributed by atoms with E-state index in [1.807, 2.05) is 24.3 Å². The second-order valence-corrected chi connectivity index (χ2v) is 8.15. The number of hydrogen-bond acceptors (Lipinski definition) is 4. The Bertz CT molecular complexity index is 876. The molecular formula is C17H21BrN2O4S. The quantitative estimate of drug-likeness (QED) is 0.647. The Morgan fingerprint density at radius 1 is 1.16 bits per heavy atom. The molecule has 8 heteroatoms. The highest BCUT2D eigenvalue weighted by molar-refractivity contribution is 9.10. The van der Waals surface area contributed by atoms with Gasteiger partial charge in [-0.05, 0) is 24.3 Å². The highest BCUT2D eigenvalue weighted by Gasteiger charge is 2.22. The van der Waals surface area contributed by atoms with Crippen molar-refractivity contribution < 1.29 is 13.2 Å². The van der Waals surface area contributed by atoms with Gasteiger partial charge in [-0.15, -0.1) is 0 Å². The minimum atomic E-state index is -3.60. The topological polar surface area (TPSA) is 68.6 Å². The molecule has 136 valence electrons. The van der Waals surface area contributed by atoms with Crippen LogP contribution in [0, 0.1) is 0 Å². The Labute approximate surface area is 156 Å². The van der Waals surface area contributed by atoms with E-state index < -0.39 is 10.0 Å². The lowest BCUT2D eigenvalue weighted by Crippen LogP contribution is -2.32. The number of halogens is 1. The van der Waals surface area contributed by atoms with Crippen molar-refractivity contribution in [1.29, 1.82) is 0 Å². The summed E-state index contributed by atoms with van der Waals surface area (Å²) in [6.45, 7) is 4.83. The Morgan fingerprint density at radius 3 is 2.52 bits per heavy atom. The summed E-state index contributed by atoms with van der Waals surface area (Å²) in [5.74, 6) is 0.675. The normalized spacial score (nSPS) is 11.7. The Hall–Kier alpha value is -1.64. The van der Waals surface area contributed by atoms with Crippen LogP contribution in [0.25, 0.3) is 0 Å². The summed E-state index contributed by atoms with van der Waals surface area (Å²) in [6.07, 6.45) is 1.38. The maximum atomic E-state index is 12.6. The Morgan fingerprint density at radius 2 is 1.88 bits per heavy atom. The van der Waals surface area contributed by atoms with Gasteiger partial charge in [-0.2, -0.15) is 4.31 Å². The van der Waals surface area contributed by atoms with Crippen molar-refractivity contribution in [3.05, 3.63) is 57.4 Å². The number of rotatable bonds is 8. The van der Waals surface area contributed by atoms with Crippen LogP contribution in [0.1, 0.15) is 13.8 Å². The van der Waals surface area contributed by atoms with Crippen molar-refractivity contribution in [3.63, 3.8) is 0 Å². The predicted molar refractivity (Wildman–Crippen MR) is 100 cm³/mol. The molecule has 0 aliphatic carbocycles. The van der Waals surface area contributed by atoms with Gasteiger partial charge in [0.2, 0.25) is 10.0 Å².